The maximum Gasteiger partial charge on any atom is 0.224 e. The molecule has 2 N–H and O–H groups in total. The third kappa shape index (κ3) is 2.63. The van der Waals surface area contributed by atoms with Crippen LogP contribution in [0.15, 0.2) is 30.3 Å². The van der Waals surface area contributed by atoms with E-state index < -0.39 is 0 Å². The third-order valence-electron chi connectivity index (χ3n) is 3.86. The first kappa shape index (κ1) is 13.7. The molecular formula is C16H20N4O. The van der Waals surface area contributed by atoms with Crippen LogP contribution >= 0.6 is 0 Å². The van der Waals surface area contributed by atoms with Crippen molar-refractivity contribution in [1.29, 1.82) is 0 Å². The molecular weight excluding hydrogens is 264 g/mol. The zero-order valence-electron chi connectivity index (χ0n) is 12.4. The molecule has 110 valence electrons. The molecule has 1 aromatic heterocycles. The van der Waals surface area contributed by atoms with Crippen molar-refractivity contribution in [2.45, 2.75) is 39.3 Å². The van der Waals surface area contributed by atoms with Gasteiger partial charge in [-0.25, -0.2) is 4.68 Å². The monoisotopic (exact) mass is 284 g/mol. The highest BCUT2D eigenvalue weighted by molar-refractivity contribution is 5.95. The summed E-state index contributed by atoms with van der Waals surface area (Å²) in [6.07, 6.45) is 1.27. The Bertz CT molecular complexity index is 648. The van der Waals surface area contributed by atoms with Crippen molar-refractivity contribution < 1.29 is 4.79 Å². The molecule has 5 nitrogen and oxygen atoms in total. The first-order chi connectivity index (χ1) is 10.2. The van der Waals surface area contributed by atoms with E-state index in [9.17, 15) is 4.79 Å². The molecule has 0 radical (unpaired) electrons. The molecule has 0 saturated heterocycles. The molecule has 21 heavy (non-hydrogen) atoms. The molecule has 5 heteroatoms. The van der Waals surface area contributed by atoms with Crippen LogP contribution in [0.5, 0.6) is 0 Å². The second kappa shape index (κ2) is 5.60. The lowest BCUT2D eigenvalue weighted by Crippen LogP contribution is -2.22. The normalized spacial score (nSPS) is 18.2. The van der Waals surface area contributed by atoms with E-state index in [2.05, 4.69) is 27.9 Å². The smallest absolute Gasteiger partial charge is 0.224 e. The number of aryl methyl sites for hydroxylation is 2. The van der Waals surface area contributed by atoms with Crippen LogP contribution in [0.2, 0.25) is 0 Å². The summed E-state index contributed by atoms with van der Waals surface area (Å²) in [5.74, 6) is 0.953. The van der Waals surface area contributed by atoms with Gasteiger partial charge in [-0.1, -0.05) is 30.3 Å². The minimum absolute atomic E-state index is 0.0532. The van der Waals surface area contributed by atoms with E-state index in [0.29, 0.717) is 6.42 Å². The van der Waals surface area contributed by atoms with Crippen LogP contribution in [0, 0.1) is 6.92 Å². The van der Waals surface area contributed by atoms with E-state index in [4.69, 9.17) is 0 Å². The number of nitrogens with one attached hydrogen (secondary N) is 2. The van der Waals surface area contributed by atoms with Crippen molar-refractivity contribution in [2.75, 3.05) is 10.6 Å². The van der Waals surface area contributed by atoms with E-state index in [1.807, 2.05) is 36.7 Å². The van der Waals surface area contributed by atoms with Gasteiger partial charge < -0.3 is 10.6 Å². The van der Waals surface area contributed by atoms with Gasteiger partial charge in [-0.2, -0.15) is 5.10 Å². The summed E-state index contributed by atoms with van der Waals surface area (Å²) < 4.78 is 1.91. The standard InChI is InChI=1S/C16H20N4O/c1-3-20-16-15(11(2)19-20)18-14(21)10-9-13(17-16)12-7-5-4-6-8-12/h4-8,13,17H,3,9-10H2,1-2H3,(H,18,21). The van der Waals surface area contributed by atoms with Crippen molar-refractivity contribution in [3.63, 3.8) is 0 Å². The first-order valence-corrected chi connectivity index (χ1v) is 7.37. The molecule has 3 rings (SSSR count). The minimum atomic E-state index is 0.0532. The Morgan fingerprint density at radius 1 is 1.33 bits per heavy atom. The highest BCUT2D eigenvalue weighted by atomic mass is 16.1. The van der Waals surface area contributed by atoms with Gasteiger partial charge >= 0.3 is 0 Å². The Labute approximate surface area is 124 Å². The molecule has 1 aromatic carbocycles. The molecule has 1 aliphatic heterocycles. The molecule has 0 bridgehead atoms. The highest BCUT2D eigenvalue weighted by Gasteiger charge is 2.24. The maximum absolute atomic E-state index is 12.0. The van der Waals surface area contributed by atoms with Crippen molar-refractivity contribution in [2.24, 2.45) is 0 Å². The van der Waals surface area contributed by atoms with E-state index >= 15 is 0 Å². The van der Waals surface area contributed by atoms with Gasteiger partial charge in [0, 0.05) is 13.0 Å². The Morgan fingerprint density at radius 2 is 2.10 bits per heavy atom. The molecule has 0 saturated carbocycles. The quantitative estimate of drug-likeness (QED) is 0.891. The van der Waals surface area contributed by atoms with Crippen molar-refractivity contribution in [3.8, 4) is 0 Å². The Kier molecular flexibility index (Phi) is 3.64. The zero-order valence-corrected chi connectivity index (χ0v) is 12.4. The number of fused-ring (bicyclic) bond motifs is 1. The van der Waals surface area contributed by atoms with Crippen LogP contribution in [0.4, 0.5) is 11.5 Å². The number of benzene rings is 1. The van der Waals surface area contributed by atoms with Gasteiger partial charge in [0.05, 0.1) is 11.7 Å². The lowest BCUT2D eigenvalue weighted by atomic mass is 10.0. The van der Waals surface area contributed by atoms with Gasteiger partial charge in [0.15, 0.2) is 0 Å². The van der Waals surface area contributed by atoms with E-state index in [0.717, 1.165) is 30.2 Å². The molecule has 1 amide bonds. The van der Waals surface area contributed by atoms with Crippen molar-refractivity contribution in [3.05, 3.63) is 41.6 Å². The SMILES string of the molecule is CCn1nc(C)c2c1NC(c1ccccc1)CCC(=O)N2. The summed E-state index contributed by atoms with van der Waals surface area (Å²) in [4.78, 5) is 12.0. The van der Waals surface area contributed by atoms with Crippen LogP contribution in [0.1, 0.15) is 37.1 Å². The van der Waals surface area contributed by atoms with Crippen LogP contribution < -0.4 is 10.6 Å². The maximum atomic E-state index is 12.0. The number of aromatic nitrogens is 2. The fraction of sp³-hybridized carbons (Fsp3) is 0.375. The molecule has 2 heterocycles. The molecule has 0 fully saturated rings. The Morgan fingerprint density at radius 3 is 2.81 bits per heavy atom. The topological polar surface area (TPSA) is 59.0 Å². The molecule has 0 spiro atoms. The van der Waals surface area contributed by atoms with Gasteiger partial charge in [-0.05, 0) is 25.8 Å². The predicted octanol–water partition coefficient (Wildman–Crippen LogP) is 3.10. The summed E-state index contributed by atoms with van der Waals surface area (Å²) in [6, 6.07) is 10.4. The van der Waals surface area contributed by atoms with Crippen LogP contribution in [0.25, 0.3) is 0 Å². The number of carbonyl (C=O) groups excluding carboxylic acids is 1. The van der Waals surface area contributed by atoms with Gasteiger partial charge in [-0.3, -0.25) is 4.79 Å². The highest BCUT2D eigenvalue weighted by Crippen LogP contribution is 2.33. The second-order valence-corrected chi connectivity index (χ2v) is 5.32. The number of anilines is 2. The number of nitrogens with zero attached hydrogens (tertiary/aromatic N) is 2. The lowest BCUT2D eigenvalue weighted by Gasteiger charge is -2.24. The average Bonchev–Trinajstić information content (AvgIpc) is 2.77. The molecule has 1 atom stereocenters. The average molecular weight is 284 g/mol. The second-order valence-electron chi connectivity index (χ2n) is 5.32. The fourth-order valence-corrected chi connectivity index (χ4v) is 2.76. The predicted molar refractivity (Wildman–Crippen MR) is 83.3 cm³/mol. The number of amides is 1. The third-order valence-corrected chi connectivity index (χ3v) is 3.86. The van der Waals surface area contributed by atoms with E-state index in [-0.39, 0.29) is 11.9 Å². The molecule has 1 aliphatic rings. The lowest BCUT2D eigenvalue weighted by molar-refractivity contribution is -0.116. The van der Waals surface area contributed by atoms with Crippen LogP contribution in [-0.4, -0.2) is 15.7 Å². The van der Waals surface area contributed by atoms with Gasteiger partial charge in [0.1, 0.15) is 11.5 Å². The van der Waals surface area contributed by atoms with Crippen LogP contribution in [-0.2, 0) is 11.3 Å². The van der Waals surface area contributed by atoms with Crippen molar-refractivity contribution >= 4 is 17.4 Å². The summed E-state index contributed by atoms with van der Waals surface area (Å²) in [7, 11) is 0. The fourth-order valence-electron chi connectivity index (χ4n) is 2.76. The molecule has 0 aliphatic carbocycles. The number of hydrogen-bond acceptors (Lipinski definition) is 3. The summed E-state index contributed by atoms with van der Waals surface area (Å²) in [6.45, 7) is 4.74. The van der Waals surface area contributed by atoms with E-state index in [1.165, 1.54) is 5.56 Å². The van der Waals surface area contributed by atoms with Crippen molar-refractivity contribution in [1.82, 2.24) is 9.78 Å². The summed E-state index contributed by atoms with van der Waals surface area (Å²) in [5, 5.41) is 11.0. The zero-order chi connectivity index (χ0) is 14.8. The van der Waals surface area contributed by atoms with Gasteiger partial charge in [0.2, 0.25) is 5.91 Å². The first-order valence-electron chi connectivity index (χ1n) is 7.37. The Hall–Kier alpha value is -2.30. The molecule has 2 aromatic rings. The van der Waals surface area contributed by atoms with Gasteiger partial charge in [0.25, 0.3) is 0 Å². The summed E-state index contributed by atoms with van der Waals surface area (Å²) in [5.41, 5.74) is 2.85. The minimum Gasteiger partial charge on any atom is -0.362 e. The number of hydrogen-bond donors (Lipinski definition) is 2. The van der Waals surface area contributed by atoms with Gasteiger partial charge in [-0.15, -0.1) is 0 Å². The number of carbonyl (C=O) groups is 1. The summed E-state index contributed by atoms with van der Waals surface area (Å²) >= 11 is 0. The number of rotatable bonds is 2. The Balaban J connectivity index is 2.02. The van der Waals surface area contributed by atoms with Crippen LogP contribution in [0.3, 0.4) is 0 Å². The molecule has 1 unspecified atom stereocenters. The van der Waals surface area contributed by atoms with E-state index in [1.54, 1.807) is 0 Å². The largest absolute Gasteiger partial charge is 0.362 e.